The summed E-state index contributed by atoms with van der Waals surface area (Å²) in [6.07, 6.45) is 2.32. The Morgan fingerprint density at radius 2 is 1.77 bits per heavy atom. The van der Waals surface area contributed by atoms with E-state index in [1.165, 1.54) is 0 Å². The number of carbonyl (C=O) groups is 2. The van der Waals surface area contributed by atoms with Crippen LogP contribution >= 0.6 is 0 Å². The molecule has 2 fully saturated rings. The number of rotatable bonds is 6. The molecule has 0 aromatic carbocycles. The molecule has 0 radical (unpaired) electrons. The molecule has 2 saturated heterocycles. The molecule has 1 unspecified atom stereocenters. The highest BCUT2D eigenvalue weighted by atomic mass is 16.5. The summed E-state index contributed by atoms with van der Waals surface area (Å²) in [6, 6.07) is 0. The lowest BCUT2D eigenvalue weighted by Crippen LogP contribution is -2.51. The molecule has 2 heterocycles. The maximum Gasteiger partial charge on any atom is 0.236 e. The molecular formula is C15H28N4O3. The van der Waals surface area contributed by atoms with E-state index in [1.54, 1.807) is 19.0 Å². The SMILES string of the molecule is CN(C)C(=O)CN1CCN(CC(=O)NCC2CCCO2)CC1. The van der Waals surface area contributed by atoms with Gasteiger partial charge in [-0.05, 0) is 12.8 Å². The number of hydrogen-bond acceptors (Lipinski definition) is 5. The number of likely N-dealkylation sites (N-methyl/N-ethyl adjacent to an activating group) is 1. The third-order valence-electron chi connectivity index (χ3n) is 4.24. The first-order valence-electron chi connectivity index (χ1n) is 8.08. The molecule has 0 bridgehead atoms. The lowest BCUT2D eigenvalue weighted by molar-refractivity contribution is -0.131. The van der Waals surface area contributed by atoms with Crippen LogP contribution in [0.5, 0.6) is 0 Å². The van der Waals surface area contributed by atoms with Crippen molar-refractivity contribution in [2.45, 2.75) is 18.9 Å². The van der Waals surface area contributed by atoms with Crippen LogP contribution in [0.15, 0.2) is 0 Å². The fourth-order valence-electron chi connectivity index (χ4n) is 2.73. The number of hydrogen-bond donors (Lipinski definition) is 1. The number of piperazine rings is 1. The summed E-state index contributed by atoms with van der Waals surface area (Å²) in [5.74, 6) is 0.191. The average Bonchev–Trinajstić information content (AvgIpc) is 3.00. The third-order valence-corrected chi connectivity index (χ3v) is 4.24. The maximum atomic E-state index is 11.9. The highest BCUT2D eigenvalue weighted by molar-refractivity contribution is 5.78. The molecule has 0 spiro atoms. The van der Waals surface area contributed by atoms with Crippen molar-refractivity contribution in [3.8, 4) is 0 Å². The van der Waals surface area contributed by atoms with Gasteiger partial charge in [0.2, 0.25) is 11.8 Å². The Balaban J connectivity index is 1.60. The van der Waals surface area contributed by atoms with Crippen molar-refractivity contribution in [1.29, 1.82) is 0 Å². The van der Waals surface area contributed by atoms with Crippen LogP contribution in [-0.4, -0.2) is 99.1 Å². The predicted octanol–water partition coefficient (Wildman–Crippen LogP) is -1.01. The van der Waals surface area contributed by atoms with Crippen LogP contribution in [0.4, 0.5) is 0 Å². The Labute approximate surface area is 132 Å². The van der Waals surface area contributed by atoms with Gasteiger partial charge in [0, 0.05) is 53.4 Å². The molecular weight excluding hydrogens is 284 g/mol. The van der Waals surface area contributed by atoms with Crippen molar-refractivity contribution in [2.24, 2.45) is 0 Å². The lowest BCUT2D eigenvalue weighted by atomic mass is 10.2. The second kappa shape index (κ2) is 8.45. The van der Waals surface area contributed by atoms with E-state index in [2.05, 4.69) is 15.1 Å². The van der Waals surface area contributed by atoms with E-state index in [1.807, 2.05) is 0 Å². The van der Waals surface area contributed by atoms with Crippen molar-refractivity contribution in [1.82, 2.24) is 20.0 Å². The minimum Gasteiger partial charge on any atom is -0.376 e. The maximum absolute atomic E-state index is 11.9. The van der Waals surface area contributed by atoms with E-state index < -0.39 is 0 Å². The Kier molecular flexibility index (Phi) is 6.60. The summed E-state index contributed by atoms with van der Waals surface area (Å²) >= 11 is 0. The molecule has 2 rings (SSSR count). The zero-order valence-electron chi connectivity index (χ0n) is 13.7. The van der Waals surface area contributed by atoms with Crippen LogP contribution in [0.3, 0.4) is 0 Å². The number of nitrogens with one attached hydrogen (secondary N) is 1. The molecule has 22 heavy (non-hydrogen) atoms. The van der Waals surface area contributed by atoms with Gasteiger partial charge in [0.05, 0.1) is 19.2 Å². The van der Waals surface area contributed by atoms with E-state index in [-0.39, 0.29) is 17.9 Å². The number of ether oxygens (including phenoxy) is 1. The average molecular weight is 312 g/mol. The zero-order valence-corrected chi connectivity index (χ0v) is 13.7. The van der Waals surface area contributed by atoms with E-state index in [4.69, 9.17) is 4.74 Å². The quantitative estimate of drug-likeness (QED) is 0.681. The van der Waals surface area contributed by atoms with Crippen LogP contribution in [0, 0.1) is 0 Å². The molecule has 2 aliphatic rings. The monoisotopic (exact) mass is 312 g/mol. The van der Waals surface area contributed by atoms with Crippen molar-refractivity contribution in [3.63, 3.8) is 0 Å². The third kappa shape index (κ3) is 5.55. The first-order chi connectivity index (χ1) is 10.5. The predicted molar refractivity (Wildman–Crippen MR) is 83.6 cm³/mol. The van der Waals surface area contributed by atoms with E-state index in [0.29, 0.717) is 19.6 Å². The lowest BCUT2D eigenvalue weighted by Gasteiger charge is -2.34. The largest absolute Gasteiger partial charge is 0.376 e. The number of carbonyl (C=O) groups excluding carboxylic acids is 2. The van der Waals surface area contributed by atoms with Crippen molar-refractivity contribution in [3.05, 3.63) is 0 Å². The van der Waals surface area contributed by atoms with Gasteiger partial charge in [-0.1, -0.05) is 0 Å². The Hall–Kier alpha value is -1.18. The molecule has 7 nitrogen and oxygen atoms in total. The Morgan fingerprint density at radius 1 is 1.14 bits per heavy atom. The molecule has 0 aromatic heterocycles. The van der Waals surface area contributed by atoms with Gasteiger partial charge < -0.3 is 15.0 Å². The van der Waals surface area contributed by atoms with Gasteiger partial charge in [-0.25, -0.2) is 0 Å². The van der Waals surface area contributed by atoms with E-state index in [0.717, 1.165) is 45.6 Å². The molecule has 1 atom stereocenters. The standard InChI is InChI=1S/C15H28N4O3/c1-17(2)15(21)12-19-7-5-18(6-8-19)11-14(20)16-10-13-4-3-9-22-13/h13H,3-12H2,1-2H3,(H,16,20). The van der Waals surface area contributed by atoms with Crippen LogP contribution < -0.4 is 5.32 Å². The van der Waals surface area contributed by atoms with Crippen molar-refractivity contribution < 1.29 is 14.3 Å². The van der Waals surface area contributed by atoms with Crippen LogP contribution in [0.25, 0.3) is 0 Å². The second-order valence-corrected chi connectivity index (χ2v) is 6.28. The summed E-state index contributed by atoms with van der Waals surface area (Å²) in [4.78, 5) is 29.5. The molecule has 2 aliphatic heterocycles. The minimum absolute atomic E-state index is 0.0633. The van der Waals surface area contributed by atoms with Crippen molar-refractivity contribution >= 4 is 11.8 Å². The van der Waals surface area contributed by atoms with E-state index in [9.17, 15) is 9.59 Å². The van der Waals surface area contributed by atoms with Gasteiger partial charge in [-0.3, -0.25) is 19.4 Å². The Bertz CT molecular complexity index is 375. The number of nitrogens with zero attached hydrogens (tertiary/aromatic N) is 3. The zero-order chi connectivity index (χ0) is 15.9. The first-order valence-corrected chi connectivity index (χ1v) is 8.08. The first kappa shape index (κ1) is 17.2. The molecule has 7 heteroatoms. The van der Waals surface area contributed by atoms with Crippen molar-refractivity contribution in [2.75, 3.05) is 66.5 Å². The highest BCUT2D eigenvalue weighted by Gasteiger charge is 2.22. The topological polar surface area (TPSA) is 65.1 Å². The summed E-state index contributed by atoms with van der Waals surface area (Å²) in [6.45, 7) is 5.65. The second-order valence-electron chi connectivity index (χ2n) is 6.28. The van der Waals surface area contributed by atoms with Gasteiger partial charge >= 0.3 is 0 Å². The summed E-state index contributed by atoms with van der Waals surface area (Å²) in [5, 5.41) is 2.95. The Morgan fingerprint density at radius 3 is 2.32 bits per heavy atom. The summed E-state index contributed by atoms with van der Waals surface area (Å²) in [5.41, 5.74) is 0. The fourth-order valence-corrected chi connectivity index (χ4v) is 2.73. The molecule has 1 N–H and O–H groups in total. The number of amides is 2. The smallest absolute Gasteiger partial charge is 0.236 e. The summed E-state index contributed by atoms with van der Waals surface area (Å²) in [7, 11) is 3.55. The molecule has 126 valence electrons. The van der Waals surface area contributed by atoms with Gasteiger partial charge in [-0.15, -0.1) is 0 Å². The molecule has 2 amide bonds. The van der Waals surface area contributed by atoms with Gasteiger partial charge in [-0.2, -0.15) is 0 Å². The molecule has 0 saturated carbocycles. The minimum atomic E-state index is 0.0633. The van der Waals surface area contributed by atoms with Gasteiger partial charge in [0.25, 0.3) is 0 Å². The van der Waals surface area contributed by atoms with Crippen LogP contribution in [0.2, 0.25) is 0 Å². The van der Waals surface area contributed by atoms with Crippen LogP contribution in [0.1, 0.15) is 12.8 Å². The van der Waals surface area contributed by atoms with E-state index >= 15 is 0 Å². The van der Waals surface area contributed by atoms with Gasteiger partial charge in [0.1, 0.15) is 0 Å². The highest BCUT2D eigenvalue weighted by Crippen LogP contribution is 2.10. The summed E-state index contributed by atoms with van der Waals surface area (Å²) < 4.78 is 5.49. The molecule has 0 aliphatic carbocycles. The van der Waals surface area contributed by atoms with Crippen LogP contribution in [-0.2, 0) is 14.3 Å². The van der Waals surface area contributed by atoms with Gasteiger partial charge in [0.15, 0.2) is 0 Å². The fraction of sp³-hybridized carbons (Fsp3) is 0.867. The normalized spacial score (nSPS) is 23.5. The molecule has 0 aromatic rings.